The Bertz CT molecular complexity index is 1110. The van der Waals surface area contributed by atoms with Crippen LogP contribution in [0.5, 0.6) is 5.75 Å². The third-order valence-electron chi connectivity index (χ3n) is 4.13. The van der Waals surface area contributed by atoms with Gasteiger partial charge in [-0.15, -0.1) is 0 Å². The molecule has 0 spiro atoms. The normalized spacial score (nSPS) is 11.0. The van der Waals surface area contributed by atoms with E-state index in [1.54, 1.807) is 0 Å². The highest BCUT2D eigenvalue weighted by atomic mass is 19.1. The molecule has 6 nitrogen and oxygen atoms in total. The molecule has 8 heteroatoms. The maximum Gasteiger partial charge on any atom is 0.263 e. The Morgan fingerprint density at radius 1 is 1.07 bits per heavy atom. The van der Waals surface area contributed by atoms with E-state index < -0.39 is 11.6 Å². The van der Waals surface area contributed by atoms with Crippen LogP contribution in [0.15, 0.2) is 53.3 Å². The van der Waals surface area contributed by atoms with Crippen molar-refractivity contribution in [1.82, 2.24) is 15.1 Å². The van der Waals surface area contributed by atoms with E-state index in [2.05, 4.69) is 20.4 Å². The molecule has 28 heavy (non-hydrogen) atoms. The average molecular weight is 382 g/mol. The van der Waals surface area contributed by atoms with Gasteiger partial charge < -0.3 is 14.6 Å². The molecule has 0 saturated heterocycles. The number of rotatable bonds is 6. The monoisotopic (exact) mass is 382 g/mol. The van der Waals surface area contributed by atoms with E-state index in [9.17, 15) is 8.78 Å². The van der Waals surface area contributed by atoms with Crippen LogP contribution in [0.1, 0.15) is 12.5 Å². The van der Waals surface area contributed by atoms with Crippen molar-refractivity contribution in [1.29, 1.82) is 0 Å². The van der Waals surface area contributed by atoms with E-state index in [-0.39, 0.29) is 17.0 Å². The van der Waals surface area contributed by atoms with Gasteiger partial charge in [-0.05, 0) is 25.1 Å². The minimum atomic E-state index is -0.705. The molecular weight excluding hydrogens is 366 g/mol. The lowest BCUT2D eigenvalue weighted by Crippen LogP contribution is -2.05. The summed E-state index contributed by atoms with van der Waals surface area (Å²) in [5.74, 6) is -0.205. The smallest absolute Gasteiger partial charge is 0.263 e. The van der Waals surface area contributed by atoms with Crippen LogP contribution >= 0.6 is 0 Å². The van der Waals surface area contributed by atoms with Crippen LogP contribution in [-0.2, 0) is 6.54 Å². The zero-order valence-corrected chi connectivity index (χ0v) is 14.9. The fourth-order valence-corrected chi connectivity index (χ4v) is 2.93. The highest BCUT2D eigenvalue weighted by Crippen LogP contribution is 2.32. The number of benzene rings is 2. The Balaban J connectivity index is 1.71. The topological polar surface area (TPSA) is 73.1 Å². The molecule has 2 heterocycles. The van der Waals surface area contributed by atoms with Gasteiger partial charge in [-0.1, -0.05) is 23.4 Å². The summed E-state index contributed by atoms with van der Waals surface area (Å²) >= 11 is 0. The van der Waals surface area contributed by atoms with Gasteiger partial charge in [0.05, 0.1) is 6.61 Å². The third-order valence-corrected chi connectivity index (χ3v) is 4.13. The molecule has 4 aromatic rings. The lowest BCUT2D eigenvalue weighted by Gasteiger charge is -2.11. The number of hydrogen-bond acceptors (Lipinski definition) is 6. The highest BCUT2D eigenvalue weighted by Gasteiger charge is 2.18. The first-order valence-electron chi connectivity index (χ1n) is 8.67. The second kappa shape index (κ2) is 7.59. The van der Waals surface area contributed by atoms with E-state index in [4.69, 9.17) is 9.26 Å². The third kappa shape index (κ3) is 3.48. The van der Waals surface area contributed by atoms with Gasteiger partial charge in [0.15, 0.2) is 0 Å². The number of para-hydroxylation sites is 1. The van der Waals surface area contributed by atoms with E-state index in [0.717, 1.165) is 17.4 Å². The van der Waals surface area contributed by atoms with Gasteiger partial charge in [0.1, 0.15) is 40.6 Å². The maximum absolute atomic E-state index is 13.6. The van der Waals surface area contributed by atoms with Crippen LogP contribution < -0.4 is 10.1 Å². The quantitative estimate of drug-likeness (QED) is 0.526. The first-order chi connectivity index (χ1) is 13.7. The summed E-state index contributed by atoms with van der Waals surface area (Å²) in [6.07, 6.45) is 1.33. The first-order valence-corrected chi connectivity index (χ1v) is 8.67. The molecule has 0 atom stereocenters. The molecule has 0 aliphatic rings. The molecule has 0 unspecified atom stereocenters. The molecule has 0 amide bonds. The molecule has 0 aliphatic carbocycles. The van der Waals surface area contributed by atoms with Crippen LogP contribution in [0.4, 0.5) is 14.6 Å². The fourth-order valence-electron chi connectivity index (χ4n) is 2.93. The molecule has 2 aromatic heterocycles. The lowest BCUT2D eigenvalue weighted by atomic mass is 10.1. The standard InChI is InChI=1S/C20H16F2N4O2/c1-2-27-16-6-4-3-5-12(16)10-23-19-17-18(26-28-20(17)25-11-24-19)13-7-14(21)9-15(22)8-13/h3-9,11H,2,10H2,1H3,(H,23,24,25). The predicted octanol–water partition coefficient (Wildman–Crippen LogP) is 4.57. The van der Waals surface area contributed by atoms with Crippen molar-refractivity contribution >= 4 is 16.9 Å². The number of nitrogens with zero attached hydrogens (tertiary/aromatic N) is 3. The number of fused-ring (bicyclic) bond motifs is 1. The largest absolute Gasteiger partial charge is 0.494 e. The van der Waals surface area contributed by atoms with Crippen molar-refractivity contribution in [3.63, 3.8) is 0 Å². The Labute approximate surface area is 159 Å². The Morgan fingerprint density at radius 3 is 2.64 bits per heavy atom. The van der Waals surface area contributed by atoms with Crippen LogP contribution in [0.25, 0.3) is 22.4 Å². The summed E-state index contributed by atoms with van der Waals surface area (Å²) in [4.78, 5) is 8.29. The van der Waals surface area contributed by atoms with Crippen molar-refractivity contribution in [3.05, 3.63) is 66.0 Å². The Morgan fingerprint density at radius 2 is 1.86 bits per heavy atom. The molecule has 0 saturated carbocycles. The minimum Gasteiger partial charge on any atom is -0.494 e. The maximum atomic E-state index is 13.6. The summed E-state index contributed by atoms with van der Waals surface area (Å²) < 4.78 is 38.2. The molecule has 0 fully saturated rings. The molecular formula is C20H16F2N4O2. The summed E-state index contributed by atoms with van der Waals surface area (Å²) in [7, 11) is 0. The zero-order valence-electron chi connectivity index (χ0n) is 14.9. The van der Waals surface area contributed by atoms with E-state index >= 15 is 0 Å². The second-order valence-corrected chi connectivity index (χ2v) is 5.99. The van der Waals surface area contributed by atoms with Crippen LogP contribution in [0.3, 0.4) is 0 Å². The highest BCUT2D eigenvalue weighted by molar-refractivity contribution is 5.97. The molecule has 142 valence electrons. The van der Waals surface area contributed by atoms with Gasteiger partial charge in [-0.3, -0.25) is 0 Å². The molecule has 1 N–H and O–H groups in total. The number of halogens is 2. The summed E-state index contributed by atoms with van der Waals surface area (Å²) in [5.41, 5.74) is 1.65. The molecule has 2 aromatic carbocycles. The Hall–Kier alpha value is -3.55. The van der Waals surface area contributed by atoms with E-state index in [0.29, 0.717) is 24.4 Å². The van der Waals surface area contributed by atoms with Crippen LogP contribution in [0, 0.1) is 11.6 Å². The number of hydrogen-bond donors (Lipinski definition) is 1. The van der Waals surface area contributed by atoms with Gasteiger partial charge in [0.25, 0.3) is 5.71 Å². The predicted molar refractivity (Wildman–Crippen MR) is 99.9 cm³/mol. The van der Waals surface area contributed by atoms with Crippen molar-refractivity contribution in [2.75, 3.05) is 11.9 Å². The zero-order chi connectivity index (χ0) is 19.5. The van der Waals surface area contributed by atoms with Crippen LogP contribution in [0.2, 0.25) is 0 Å². The molecule has 0 radical (unpaired) electrons. The van der Waals surface area contributed by atoms with Gasteiger partial charge in [-0.25, -0.2) is 13.8 Å². The summed E-state index contributed by atoms with van der Waals surface area (Å²) in [5, 5.41) is 7.59. The lowest BCUT2D eigenvalue weighted by molar-refractivity contribution is 0.337. The minimum absolute atomic E-state index is 0.218. The van der Waals surface area contributed by atoms with Gasteiger partial charge >= 0.3 is 0 Å². The summed E-state index contributed by atoms with van der Waals surface area (Å²) in [6.45, 7) is 2.89. The molecule has 0 aliphatic heterocycles. The second-order valence-electron chi connectivity index (χ2n) is 5.99. The molecule has 4 rings (SSSR count). The SMILES string of the molecule is CCOc1ccccc1CNc1ncnc2onc(-c3cc(F)cc(F)c3)c12. The van der Waals surface area contributed by atoms with Crippen LogP contribution in [-0.4, -0.2) is 21.7 Å². The van der Waals surface area contributed by atoms with Crippen molar-refractivity contribution in [3.8, 4) is 17.0 Å². The van der Waals surface area contributed by atoms with Gasteiger partial charge in [0, 0.05) is 23.7 Å². The first kappa shape index (κ1) is 17.8. The Kier molecular flexibility index (Phi) is 4.84. The van der Waals surface area contributed by atoms with Crippen molar-refractivity contribution in [2.45, 2.75) is 13.5 Å². The summed E-state index contributed by atoms with van der Waals surface area (Å²) in [6, 6.07) is 10.8. The van der Waals surface area contributed by atoms with Gasteiger partial charge in [0.2, 0.25) is 0 Å². The van der Waals surface area contributed by atoms with Crippen molar-refractivity contribution in [2.24, 2.45) is 0 Å². The number of ether oxygens (including phenoxy) is 1. The number of aromatic nitrogens is 3. The van der Waals surface area contributed by atoms with E-state index in [1.165, 1.54) is 18.5 Å². The van der Waals surface area contributed by atoms with Crippen molar-refractivity contribution < 1.29 is 18.0 Å². The van der Waals surface area contributed by atoms with E-state index in [1.807, 2.05) is 31.2 Å². The van der Waals surface area contributed by atoms with Gasteiger partial charge in [-0.2, -0.15) is 4.98 Å². The number of nitrogens with one attached hydrogen (secondary N) is 1. The average Bonchev–Trinajstić information content (AvgIpc) is 3.12. The fraction of sp³-hybridized carbons (Fsp3) is 0.150. The molecule has 0 bridgehead atoms. The number of anilines is 1.